The zero-order valence-corrected chi connectivity index (χ0v) is 29.1. The first-order chi connectivity index (χ1) is 23.2. The van der Waals surface area contributed by atoms with E-state index in [9.17, 15) is 14.4 Å². The van der Waals surface area contributed by atoms with Crippen LogP contribution in [0.2, 0.25) is 0 Å². The van der Waals surface area contributed by atoms with E-state index in [4.69, 9.17) is 5.73 Å². The molecule has 2 N–H and O–H groups in total. The smallest absolute Gasteiger partial charge is 0.261 e. The van der Waals surface area contributed by atoms with E-state index in [2.05, 4.69) is 43.3 Å². The summed E-state index contributed by atoms with van der Waals surface area (Å²) in [5.41, 5.74) is 8.51. The van der Waals surface area contributed by atoms with Gasteiger partial charge in [0.15, 0.2) is 0 Å². The average molecular weight is 652 g/mol. The van der Waals surface area contributed by atoms with E-state index in [1.54, 1.807) is 12.1 Å². The van der Waals surface area contributed by atoms with Crippen LogP contribution in [0, 0.1) is 5.92 Å². The van der Waals surface area contributed by atoms with Crippen molar-refractivity contribution >= 4 is 17.7 Å². The van der Waals surface area contributed by atoms with Crippen molar-refractivity contribution in [1.29, 1.82) is 0 Å². The SMILES string of the molecule is C[N+](C)(CCCCCCCCCCN1CCC(C(C(N)=O)(c2ccccc2)c2ccccc2)C1)CCCN1C(=O)c2ccccc2C1=O. The number of likely N-dealkylation sites (tertiary alicyclic amines) is 1. The van der Waals surface area contributed by atoms with Crippen LogP contribution in [-0.2, 0) is 10.2 Å². The molecule has 1 saturated heterocycles. The summed E-state index contributed by atoms with van der Waals surface area (Å²) in [6.45, 7) is 5.54. The summed E-state index contributed by atoms with van der Waals surface area (Å²) in [6.07, 6.45) is 11.8. The topological polar surface area (TPSA) is 83.7 Å². The molecule has 2 aliphatic heterocycles. The monoisotopic (exact) mass is 651 g/mol. The molecule has 1 unspecified atom stereocenters. The maximum absolute atomic E-state index is 13.3. The molecule has 0 radical (unpaired) electrons. The lowest BCUT2D eigenvalue weighted by Gasteiger charge is -2.37. The molecule has 5 rings (SSSR count). The summed E-state index contributed by atoms with van der Waals surface area (Å²) in [5, 5.41) is 0. The van der Waals surface area contributed by atoms with Gasteiger partial charge in [0.1, 0.15) is 5.41 Å². The first-order valence-corrected chi connectivity index (χ1v) is 18.1. The van der Waals surface area contributed by atoms with Crippen LogP contribution in [0.15, 0.2) is 84.9 Å². The standard InChI is InChI=1S/C41H54N4O3/c1-45(2,31-19-28-44-38(46)36-24-15-16-25-37(36)39(44)47)30-18-8-6-4-3-5-7-17-27-43-29-26-35(32-43)41(40(42)48,33-20-11-9-12-21-33)34-22-13-10-14-23-34/h9-16,20-25,35H,3-8,17-19,26-32H2,1-2H3,(H-,42,48)/p+1. The van der Waals surface area contributed by atoms with E-state index in [0.717, 1.165) is 61.2 Å². The Morgan fingerprint density at radius 3 is 1.71 bits per heavy atom. The van der Waals surface area contributed by atoms with E-state index < -0.39 is 5.41 Å². The molecule has 0 aromatic heterocycles. The highest BCUT2D eigenvalue weighted by Crippen LogP contribution is 2.43. The number of imide groups is 1. The van der Waals surface area contributed by atoms with E-state index in [0.29, 0.717) is 17.7 Å². The lowest BCUT2D eigenvalue weighted by atomic mass is 9.64. The zero-order chi connectivity index (χ0) is 34.0. The summed E-state index contributed by atoms with van der Waals surface area (Å²) in [5.74, 6) is -0.410. The summed E-state index contributed by atoms with van der Waals surface area (Å²) in [7, 11) is 4.50. The zero-order valence-electron chi connectivity index (χ0n) is 29.1. The van der Waals surface area contributed by atoms with Crippen LogP contribution in [0.5, 0.6) is 0 Å². The molecule has 1 fully saturated rings. The summed E-state index contributed by atoms with van der Waals surface area (Å²) in [6, 6.07) is 27.4. The number of unbranched alkanes of at least 4 members (excludes halogenated alkanes) is 7. The van der Waals surface area contributed by atoms with Crippen LogP contribution in [0.3, 0.4) is 0 Å². The van der Waals surface area contributed by atoms with Crippen LogP contribution in [0.1, 0.15) is 96.1 Å². The molecule has 3 aromatic rings. The number of benzene rings is 3. The number of quaternary nitrogens is 1. The number of carbonyl (C=O) groups excluding carboxylic acids is 3. The maximum Gasteiger partial charge on any atom is 0.261 e. The van der Waals surface area contributed by atoms with Gasteiger partial charge >= 0.3 is 0 Å². The second kappa shape index (κ2) is 16.5. The van der Waals surface area contributed by atoms with Crippen LogP contribution in [0.25, 0.3) is 0 Å². The number of amides is 3. The number of rotatable bonds is 19. The van der Waals surface area contributed by atoms with E-state index in [1.165, 1.54) is 56.3 Å². The Morgan fingerprint density at radius 2 is 1.17 bits per heavy atom. The molecule has 7 nitrogen and oxygen atoms in total. The minimum Gasteiger partial charge on any atom is -0.369 e. The second-order valence-corrected chi connectivity index (χ2v) is 14.6. The van der Waals surface area contributed by atoms with Crippen LogP contribution < -0.4 is 5.73 Å². The first-order valence-electron chi connectivity index (χ1n) is 18.1. The minimum absolute atomic E-state index is 0.153. The predicted molar refractivity (Wildman–Crippen MR) is 193 cm³/mol. The minimum atomic E-state index is -0.812. The molecule has 2 aliphatic rings. The van der Waals surface area contributed by atoms with Crippen molar-refractivity contribution in [3.63, 3.8) is 0 Å². The normalized spacial score (nSPS) is 16.9. The van der Waals surface area contributed by atoms with Gasteiger partial charge in [-0.05, 0) is 68.0 Å². The molecule has 0 bridgehead atoms. The molecule has 3 amide bonds. The van der Waals surface area contributed by atoms with Crippen LogP contribution in [-0.4, -0.2) is 85.4 Å². The number of hydrogen-bond acceptors (Lipinski definition) is 4. The number of hydrogen-bond donors (Lipinski definition) is 1. The van der Waals surface area contributed by atoms with Gasteiger partial charge in [-0.3, -0.25) is 19.3 Å². The molecule has 256 valence electrons. The Hall–Kier alpha value is -3.81. The molecule has 2 heterocycles. The molecule has 7 heteroatoms. The highest BCUT2D eigenvalue weighted by molar-refractivity contribution is 6.21. The van der Waals surface area contributed by atoms with Crippen molar-refractivity contribution in [3.8, 4) is 0 Å². The highest BCUT2D eigenvalue weighted by atomic mass is 16.2. The summed E-state index contributed by atoms with van der Waals surface area (Å²) >= 11 is 0. The Balaban J connectivity index is 0.942. The Kier molecular flexibility index (Phi) is 12.2. The fourth-order valence-corrected chi connectivity index (χ4v) is 8.06. The number of nitrogens with zero attached hydrogens (tertiary/aromatic N) is 3. The van der Waals surface area contributed by atoms with Gasteiger partial charge in [0.2, 0.25) is 5.91 Å². The van der Waals surface area contributed by atoms with Crippen molar-refractivity contribution in [1.82, 2.24) is 9.80 Å². The van der Waals surface area contributed by atoms with Crippen molar-refractivity contribution in [2.75, 3.05) is 53.4 Å². The first kappa shape index (κ1) is 35.5. The van der Waals surface area contributed by atoms with E-state index >= 15 is 0 Å². The van der Waals surface area contributed by atoms with Gasteiger partial charge in [-0.1, -0.05) is 105 Å². The second-order valence-electron chi connectivity index (χ2n) is 14.6. The summed E-state index contributed by atoms with van der Waals surface area (Å²) in [4.78, 5) is 42.5. The maximum atomic E-state index is 13.3. The van der Waals surface area contributed by atoms with Crippen molar-refractivity contribution in [2.24, 2.45) is 11.7 Å². The largest absolute Gasteiger partial charge is 0.369 e. The van der Waals surface area contributed by atoms with Crippen molar-refractivity contribution in [3.05, 3.63) is 107 Å². The third-order valence-electron chi connectivity index (χ3n) is 10.7. The van der Waals surface area contributed by atoms with Crippen molar-refractivity contribution in [2.45, 2.75) is 69.6 Å². The van der Waals surface area contributed by atoms with E-state index in [-0.39, 0.29) is 23.6 Å². The fourth-order valence-electron chi connectivity index (χ4n) is 8.06. The lowest BCUT2D eigenvalue weighted by Crippen LogP contribution is -2.49. The molecule has 1 atom stereocenters. The van der Waals surface area contributed by atoms with Crippen molar-refractivity contribution < 1.29 is 18.9 Å². The number of fused-ring (bicyclic) bond motifs is 1. The quantitative estimate of drug-likeness (QED) is 0.0893. The van der Waals surface area contributed by atoms with Gasteiger partial charge in [-0.15, -0.1) is 0 Å². The third kappa shape index (κ3) is 8.24. The number of carbonyl (C=O) groups is 3. The van der Waals surface area contributed by atoms with Gasteiger partial charge in [0, 0.05) is 19.5 Å². The molecule has 0 spiro atoms. The molecular weight excluding hydrogens is 596 g/mol. The predicted octanol–water partition coefficient (Wildman–Crippen LogP) is 6.66. The fraction of sp³-hybridized carbons (Fsp3) is 0.488. The number of nitrogens with two attached hydrogens (primary N) is 1. The Bertz CT molecular complexity index is 1430. The highest BCUT2D eigenvalue weighted by Gasteiger charge is 2.49. The molecule has 0 aliphatic carbocycles. The Labute approximate surface area is 287 Å². The number of primary amides is 1. The third-order valence-corrected chi connectivity index (χ3v) is 10.7. The van der Waals surface area contributed by atoms with Gasteiger partial charge in [0.25, 0.3) is 11.8 Å². The molecule has 3 aromatic carbocycles. The van der Waals surface area contributed by atoms with Gasteiger partial charge in [-0.2, -0.15) is 0 Å². The van der Waals surface area contributed by atoms with Gasteiger partial charge in [-0.25, -0.2) is 0 Å². The molecule has 0 saturated carbocycles. The lowest BCUT2D eigenvalue weighted by molar-refractivity contribution is -0.890. The average Bonchev–Trinajstić information content (AvgIpc) is 3.65. The van der Waals surface area contributed by atoms with Gasteiger partial charge < -0.3 is 15.1 Å². The molecular formula is C41H55N4O3+. The van der Waals surface area contributed by atoms with Crippen LogP contribution >= 0.6 is 0 Å². The Morgan fingerprint density at radius 1 is 0.688 bits per heavy atom. The van der Waals surface area contributed by atoms with Crippen LogP contribution in [0.4, 0.5) is 0 Å². The molecule has 48 heavy (non-hydrogen) atoms. The summed E-state index contributed by atoms with van der Waals surface area (Å²) < 4.78 is 0.914. The van der Waals surface area contributed by atoms with E-state index in [1.807, 2.05) is 48.5 Å². The van der Waals surface area contributed by atoms with Gasteiger partial charge in [0.05, 0.1) is 38.3 Å².